The standard InChI is InChI=1S/C13H18O2/c1-4-10(5-2)13(14)11-7-6-8-12(9-11)15-3/h4,6-10,13-14H,1,5H2,2-3H3/t10-,13+/m1/s1. The van der Waals surface area contributed by atoms with Crippen molar-refractivity contribution in [2.45, 2.75) is 19.4 Å². The van der Waals surface area contributed by atoms with Crippen molar-refractivity contribution in [3.05, 3.63) is 42.5 Å². The maximum absolute atomic E-state index is 10.1. The van der Waals surface area contributed by atoms with Crippen molar-refractivity contribution in [1.82, 2.24) is 0 Å². The van der Waals surface area contributed by atoms with E-state index in [2.05, 4.69) is 6.58 Å². The summed E-state index contributed by atoms with van der Waals surface area (Å²) in [4.78, 5) is 0. The zero-order chi connectivity index (χ0) is 11.3. The van der Waals surface area contributed by atoms with Gasteiger partial charge in [-0.1, -0.05) is 25.1 Å². The van der Waals surface area contributed by atoms with E-state index in [0.717, 1.165) is 17.7 Å². The molecular formula is C13H18O2. The molecule has 0 aliphatic heterocycles. The molecule has 1 N–H and O–H groups in total. The van der Waals surface area contributed by atoms with E-state index in [9.17, 15) is 5.11 Å². The summed E-state index contributed by atoms with van der Waals surface area (Å²) in [6, 6.07) is 7.51. The van der Waals surface area contributed by atoms with Crippen molar-refractivity contribution in [3.63, 3.8) is 0 Å². The minimum absolute atomic E-state index is 0.0945. The molecule has 0 spiro atoms. The van der Waals surface area contributed by atoms with Gasteiger partial charge in [0.05, 0.1) is 13.2 Å². The van der Waals surface area contributed by atoms with Crippen LogP contribution in [0.1, 0.15) is 25.0 Å². The normalized spacial score (nSPS) is 14.3. The Morgan fingerprint density at radius 3 is 2.80 bits per heavy atom. The minimum atomic E-state index is -0.498. The first-order valence-corrected chi connectivity index (χ1v) is 5.17. The van der Waals surface area contributed by atoms with Gasteiger partial charge in [0.2, 0.25) is 0 Å². The Morgan fingerprint density at radius 2 is 2.27 bits per heavy atom. The molecule has 0 bridgehead atoms. The van der Waals surface area contributed by atoms with E-state index >= 15 is 0 Å². The van der Waals surface area contributed by atoms with E-state index in [-0.39, 0.29) is 5.92 Å². The van der Waals surface area contributed by atoms with Crippen LogP contribution in [0.25, 0.3) is 0 Å². The molecule has 0 fully saturated rings. The largest absolute Gasteiger partial charge is 0.497 e. The van der Waals surface area contributed by atoms with E-state index in [1.54, 1.807) is 13.2 Å². The molecule has 82 valence electrons. The van der Waals surface area contributed by atoms with Gasteiger partial charge in [0.25, 0.3) is 0 Å². The molecule has 2 heteroatoms. The van der Waals surface area contributed by atoms with Crippen LogP contribution >= 0.6 is 0 Å². The highest BCUT2D eigenvalue weighted by Crippen LogP contribution is 2.27. The Kier molecular flexibility index (Phi) is 4.37. The Hall–Kier alpha value is -1.28. The number of aliphatic hydroxyl groups is 1. The van der Waals surface area contributed by atoms with Crippen molar-refractivity contribution < 1.29 is 9.84 Å². The van der Waals surface area contributed by atoms with Gasteiger partial charge in [0.15, 0.2) is 0 Å². The molecule has 0 aromatic heterocycles. The summed E-state index contributed by atoms with van der Waals surface area (Å²) >= 11 is 0. The number of hydrogen-bond acceptors (Lipinski definition) is 2. The SMILES string of the molecule is C=C[C@H](CC)[C@H](O)c1cccc(OC)c1. The Labute approximate surface area is 91.2 Å². The van der Waals surface area contributed by atoms with Gasteiger partial charge in [-0.15, -0.1) is 6.58 Å². The number of rotatable bonds is 5. The Morgan fingerprint density at radius 1 is 1.53 bits per heavy atom. The highest BCUT2D eigenvalue weighted by atomic mass is 16.5. The third-order valence-electron chi connectivity index (χ3n) is 2.62. The summed E-state index contributed by atoms with van der Waals surface area (Å²) in [5.74, 6) is 0.863. The molecule has 0 aliphatic carbocycles. The number of aliphatic hydroxyl groups excluding tert-OH is 1. The van der Waals surface area contributed by atoms with Gasteiger partial charge >= 0.3 is 0 Å². The Bertz CT molecular complexity index is 320. The lowest BCUT2D eigenvalue weighted by molar-refractivity contribution is 0.129. The van der Waals surface area contributed by atoms with Gasteiger partial charge in [-0.25, -0.2) is 0 Å². The van der Waals surface area contributed by atoms with Crippen LogP contribution in [-0.2, 0) is 0 Å². The quantitative estimate of drug-likeness (QED) is 0.750. The zero-order valence-corrected chi connectivity index (χ0v) is 9.31. The highest BCUT2D eigenvalue weighted by molar-refractivity contribution is 5.30. The molecule has 0 saturated heterocycles. The fourth-order valence-corrected chi connectivity index (χ4v) is 1.59. The molecule has 0 radical (unpaired) electrons. The van der Waals surface area contributed by atoms with E-state index in [0.29, 0.717) is 0 Å². The second kappa shape index (κ2) is 5.56. The van der Waals surface area contributed by atoms with Gasteiger partial charge in [0, 0.05) is 5.92 Å². The summed E-state index contributed by atoms with van der Waals surface area (Å²) in [7, 11) is 1.62. The van der Waals surface area contributed by atoms with Crippen molar-refractivity contribution in [2.24, 2.45) is 5.92 Å². The van der Waals surface area contributed by atoms with E-state index in [1.807, 2.05) is 31.2 Å². The lowest BCUT2D eigenvalue weighted by atomic mass is 9.93. The van der Waals surface area contributed by atoms with Crippen LogP contribution in [0.2, 0.25) is 0 Å². The van der Waals surface area contributed by atoms with Crippen LogP contribution in [0, 0.1) is 5.92 Å². The highest BCUT2D eigenvalue weighted by Gasteiger charge is 2.16. The number of benzene rings is 1. The lowest BCUT2D eigenvalue weighted by Crippen LogP contribution is -2.09. The molecule has 0 aliphatic rings. The van der Waals surface area contributed by atoms with Crippen LogP contribution in [0.4, 0.5) is 0 Å². The molecule has 2 atom stereocenters. The molecule has 1 rings (SSSR count). The zero-order valence-electron chi connectivity index (χ0n) is 9.31. The average molecular weight is 206 g/mol. The molecule has 2 nitrogen and oxygen atoms in total. The van der Waals surface area contributed by atoms with Crippen molar-refractivity contribution in [1.29, 1.82) is 0 Å². The molecule has 15 heavy (non-hydrogen) atoms. The van der Waals surface area contributed by atoms with Gasteiger partial charge in [-0.2, -0.15) is 0 Å². The third-order valence-corrected chi connectivity index (χ3v) is 2.62. The average Bonchev–Trinajstić information content (AvgIpc) is 2.30. The maximum atomic E-state index is 10.1. The molecule has 1 aromatic rings. The summed E-state index contributed by atoms with van der Waals surface area (Å²) in [5, 5.41) is 10.1. The second-order valence-electron chi connectivity index (χ2n) is 3.53. The smallest absolute Gasteiger partial charge is 0.119 e. The van der Waals surface area contributed by atoms with Crippen molar-refractivity contribution in [2.75, 3.05) is 7.11 Å². The predicted octanol–water partition coefficient (Wildman–Crippen LogP) is 2.94. The van der Waals surface area contributed by atoms with Crippen molar-refractivity contribution >= 4 is 0 Å². The first-order chi connectivity index (χ1) is 7.22. The topological polar surface area (TPSA) is 29.5 Å². The summed E-state index contributed by atoms with van der Waals surface area (Å²) in [6.07, 6.45) is 2.18. The first kappa shape index (κ1) is 11.8. The van der Waals surface area contributed by atoms with E-state index < -0.39 is 6.10 Å². The van der Waals surface area contributed by atoms with E-state index in [1.165, 1.54) is 0 Å². The molecule has 0 unspecified atom stereocenters. The summed E-state index contributed by atoms with van der Waals surface area (Å²) in [6.45, 7) is 5.77. The molecule has 0 heterocycles. The lowest BCUT2D eigenvalue weighted by Gasteiger charge is -2.18. The van der Waals surface area contributed by atoms with Crippen LogP contribution in [0.15, 0.2) is 36.9 Å². The Balaban J connectivity index is 2.89. The number of hydrogen-bond donors (Lipinski definition) is 1. The predicted molar refractivity (Wildman–Crippen MR) is 61.9 cm³/mol. The van der Waals surface area contributed by atoms with Crippen LogP contribution in [0.5, 0.6) is 5.75 Å². The third kappa shape index (κ3) is 2.83. The summed E-state index contributed by atoms with van der Waals surface area (Å²) < 4.78 is 5.12. The molecule has 0 saturated carbocycles. The first-order valence-electron chi connectivity index (χ1n) is 5.17. The van der Waals surface area contributed by atoms with Gasteiger partial charge in [-0.3, -0.25) is 0 Å². The van der Waals surface area contributed by atoms with Gasteiger partial charge < -0.3 is 9.84 Å². The summed E-state index contributed by atoms with van der Waals surface area (Å²) in [5.41, 5.74) is 0.876. The van der Waals surface area contributed by atoms with Crippen LogP contribution in [0.3, 0.4) is 0 Å². The fourth-order valence-electron chi connectivity index (χ4n) is 1.59. The monoisotopic (exact) mass is 206 g/mol. The van der Waals surface area contributed by atoms with Gasteiger partial charge in [0.1, 0.15) is 5.75 Å². The number of ether oxygens (including phenoxy) is 1. The maximum Gasteiger partial charge on any atom is 0.119 e. The second-order valence-corrected chi connectivity index (χ2v) is 3.53. The van der Waals surface area contributed by atoms with Crippen LogP contribution < -0.4 is 4.74 Å². The number of methoxy groups -OCH3 is 1. The van der Waals surface area contributed by atoms with Crippen LogP contribution in [-0.4, -0.2) is 12.2 Å². The van der Waals surface area contributed by atoms with E-state index in [4.69, 9.17) is 4.74 Å². The molecule has 1 aromatic carbocycles. The van der Waals surface area contributed by atoms with Crippen molar-refractivity contribution in [3.8, 4) is 5.75 Å². The fraction of sp³-hybridized carbons (Fsp3) is 0.385. The van der Waals surface area contributed by atoms with Gasteiger partial charge in [-0.05, 0) is 24.1 Å². The molecule has 0 amide bonds. The minimum Gasteiger partial charge on any atom is -0.497 e. The molecular weight excluding hydrogens is 188 g/mol.